The van der Waals surface area contributed by atoms with E-state index in [1.54, 1.807) is 18.3 Å². The van der Waals surface area contributed by atoms with Gasteiger partial charge in [-0.25, -0.2) is 15.0 Å². The Kier molecular flexibility index (Phi) is 6.33. The summed E-state index contributed by atoms with van der Waals surface area (Å²) in [7, 11) is -3.44. The summed E-state index contributed by atoms with van der Waals surface area (Å²) in [5.74, 6) is 1.83. The maximum absolute atomic E-state index is 11.5. The smallest absolute Gasteiger partial charge is 0.264 e. The van der Waals surface area contributed by atoms with Gasteiger partial charge in [-0.05, 0) is 86.4 Å². The number of fused-ring (bicyclic) bond motifs is 1. The van der Waals surface area contributed by atoms with E-state index in [1.165, 1.54) is 18.4 Å². The van der Waals surface area contributed by atoms with Crippen LogP contribution in [0.5, 0.6) is 0 Å². The average molecular weight is 529 g/mol. The molecule has 0 spiro atoms. The molecule has 0 unspecified atom stereocenters. The minimum absolute atomic E-state index is 0.243. The number of nitriles is 1. The molecule has 2 aliphatic carbocycles. The van der Waals surface area contributed by atoms with Gasteiger partial charge in [0.2, 0.25) is 0 Å². The van der Waals surface area contributed by atoms with Gasteiger partial charge in [-0.15, -0.1) is 0 Å². The maximum Gasteiger partial charge on any atom is 0.264 e. The Morgan fingerprint density at radius 3 is 2.55 bits per heavy atom. The number of rotatable bonds is 7. The zero-order chi connectivity index (χ0) is 26.3. The molecule has 0 bridgehead atoms. The van der Waals surface area contributed by atoms with E-state index in [4.69, 9.17) is 9.17 Å². The molecule has 10 heteroatoms. The number of anilines is 2. The summed E-state index contributed by atoms with van der Waals surface area (Å²) in [5.41, 5.74) is 5.58. The number of imidazole rings is 1. The lowest BCUT2D eigenvalue weighted by atomic mass is 9.93. The molecule has 4 aromatic rings. The normalized spacial score (nSPS) is 19.8. The topological polar surface area (TPSA) is 123 Å². The summed E-state index contributed by atoms with van der Waals surface area (Å²) in [5, 5.41) is 12.5. The van der Waals surface area contributed by atoms with Crippen LogP contribution in [-0.2, 0) is 14.3 Å². The van der Waals surface area contributed by atoms with E-state index in [2.05, 4.69) is 56.3 Å². The Morgan fingerprint density at radius 1 is 1.00 bits per heavy atom. The molecule has 3 aromatic heterocycles. The Hall–Kier alpha value is -3.81. The van der Waals surface area contributed by atoms with Gasteiger partial charge in [-0.2, -0.15) is 13.7 Å². The highest BCUT2D eigenvalue weighted by molar-refractivity contribution is 7.86. The second kappa shape index (κ2) is 9.82. The van der Waals surface area contributed by atoms with E-state index in [9.17, 15) is 13.7 Å². The number of pyridine rings is 2. The standard InChI is InChI=1S/C28H28N6O3S/c1-38(35,36)37-23-7-5-22(6-8-23)34-17-31-25-13-20(4-9-26(25)34)24-14-21(19-2-3-19)15-28(32-24)33-27-12-18(16-29)10-11-30-27/h4,9-15,17,19,22-23H,2-3,5-8H2,1H3,(H,30,32,33). The molecular weight excluding hydrogens is 500 g/mol. The fraction of sp³-hybridized carbons (Fsp3) is 0.357. The first-order valence-corrected chi connectivity index (χ1v) is 14.7. The molecule has 0 amide bonds. The molecule has 0 radical (unpaired) electrons. The molecule has 38 heavy (non-hydrogen) atoms. The van der Waals surface area contributed by atoms with Crippen molar-refractivity contribution < 1.29 is 12.6 Å². The predicted molar refractivity (Wildman–Crippen MR) is 144 cm³/mol. The number of nitrogens with one attached hydrogen (secondary N) is 1. The third kappa shape index (κ3) is 5.39. The average Bonchev–Trinajstić information content (AvgIpc) is 3.67. The molecule has 0 aliphatic heterocycles. The van der Waals surface area contributed by atoms with Crippen molar-refractivity contribution in [2.24, 2.45) is 0 Å². The highest BCUT2D eigenvalue weighted by Gasteiger charge is 2.27. The second-order valence-corrected chi connectivity index (χ2v) is 11.8. The SMILES string of the molecule is CS(=O)(=O)OC1CCC(n2cnc3cc(-c4cc(C5CC5)cc(Nc5cc(C#N)ccn5)n4)ccc32)CC1. The summed E-state index contributed by atoms with van der Waals surface area (Å²) in [4.78, 5) is 13.9. The van der Waals surface area contributed by atoms with Crippen molar-refractivity contribution in [1.82, 2.24) is 19.5 Å². The summed E-state index contributed by atoms with van der Waals surface area (Å²) in [6, 6.07) is 16.3. The van der Waals surface area contributed by atoms with Crippen LogP contribution in [0.3, 0.4) is 0 Å². The van der Waals surface area contributed by atoms with Gasteiger partial charge in [-0.3, -0.25) is 4.18 Å². The van der Waals surface area contributed by atoms with Crippen LogP contribution in [0.15, 0.2) is 55.0 Å². The number of hydrogen-bond donors (Lipinski definition) is 1. The lowest BCUT2D eigenvalue weighted by Gasteiger charge is -2.28. The van der Waals surface area contributed by atoms with Crippen LogP contribution in [0.1, 0.15) is 61.6 Å². The van der Waals surface area contributed by atoms with E-state index in [1.807, 2.05) is 6.33 Å². The van der Waals surface area contributed by atoms with E-state index >= 15 is 0 Å². The van der Waals surface area contributed by atoms with Gasteiger partial charge in [0.15, 0.2) is 0 Å². The van der Waals surface area contributed by atoms with Gasteiger partial charge in [0.05, 0.1) is 47.0 Å². The molecule has 9 nitrogen and oxygen atoms in total. The van der Waals surface area contributed by atoms with Gasteiger partial charge < -0.3 is 9.88 Å². The quantitative estimate of drug-likeness (QED) is 0.314. The van der Waals surface area contributed by atoms with Crippen LogP contribution >= 0.6 is 0 Å². The van der Waals surface area contributed by atoms with Gasteiger partial charge in [-0.1, -0.05) is 6.07 Å². The number of aromatic nitrogens is 4. The second-order valence-electron chi connectivity index (χ2n) is 10.2. The van der Waals surface area contributed by atoms with Gasteiger partial charge in [0.25, 0.3) is 10.1 Å². The van der Waals surface area contributed by atoms with E-state index < -0.39 is 10.1 Å². The van der Waals surface area contributed by atoms with E-state index in [0.717, 1.165) is 41.4 Å². The van der Waals surface area contributed by atoms with E-state index in [-0.39, 0.29) is 12.1 Å². The van der Waals surface area contributed by atoms with E-state index in [0.29, 0.717) is 36.0 Å². The van der Waals surface area contributed by atoms with Crippen molar-refractivity contribution >= 4 is 32.8 Å². The zero-order valence-corrected chi connectivity index (χ0v) is 21.9. The summed E-state index contributed by atoms with van der Waals surface area (Å²) in [6.45, 7) is 0. The Bertz CT molecular complexity index is 1650. The molecule has 2 fully saturated rings. The first-order valence-electron chi connectivity index (χ1n) is 12.8. The van der Waals surface area contributed by atoms with Crippen LogP contribution in [0.25, 0.3) is 22.3 Å². The minimum Gasteiger partial charge on any atom is -0.327 e. The molecule has 194 valence electrons. The van der Waals surface area contributed by atoms with Crippen molar-refractivity contribution in [3.05, 3.63) is 66.1 Å². The van der Waals surface area contributed by atoms with Crippen molar-refractivity contribution in [2.75, 3.05) is 11.6 Å². The first kappa shape index (κ1) is 24.5. The van der Waals surface area contributed by atoms with Crippen LogP contribution < -0.4 is 5.32 Å². The molecule has 6 rings (SSSR count). The largest absolute Gasteiger partial charge is 0.327 e. The van der Waals surface area contributed by atoms with Crippen molar-refractivity contribution in [3.8, 4) is 17.3 Å². The summed E-state index contributed by atoms with van der Waals surface area (Å²) < 4.78 is 30.3. The third-order valence-corrected chi connectivity index (χ3v) is 7.88. The molecule has 0 saturated heterocycles. The number of nitrogens with zero attached hydrogens (tertiary/aromatic N) is 5. The summed E-state index contributed by atoms with van der Waals surface area (Å²) >= 11 is 0. The van der Waals surface area contributed by atoms with Crippen LogP contribution in [0.2, 0.25) is 0 Å². The molecule has 1 aromatic carbocycles. The number of benzene rings is 1. The van der Waals surface area contributed by atoms with Crippen molar-refractivity contribution in [3.63, 3.8) is 0 Å². The monoisotopic (exact) mass is 528 g/mol. The first-order chi connectivity index (χ1) is 18.3. The number of hydrogen-bond acceptors (Lipinski definition) is 8. The minimum atomic E-state index is -3.44. The zero-order valence-electron chi connectivity index (χ0n) is 21.0. The van der Waals surface area contributed by atoms with Crippen LogP contribution in [0, 0.1) is 11.3 Å². The molecule has 2 saturated carbocycles. The van der Waals surface area contributed by atoms with Gasteiger partial charge in [0.1, 0.15) is 11.6 Å². The molecular formula is C28H28N6O3S. The summed E-state index contributed by atoms with van der Waals surface area (Å²) in [6.07, 6.45) is 9.80. The Balaban J connectivity index is 1.26. The van der Waals surface area contributed by atoms with Crippen LogP contribution in [0.4, 0.5) is 11.6 Å². The Labute approximate surface area is 221 Å². The molecule has 1 N–H and O–H groups in total. The maximum atomic E-state index is 11.5. The molecule has 2 aliphatic rings. The van der Waals surface area contributed by atoms with Crippen LogP contribution in [-0.4, -0.2) is 40.3 Å². The highest BCUT2D eigenvalue weighted by atomic mass is 32.2. The fourth-order valence-electron chi connectivity index (χ4n) is 5.26. The highest BCUT2D eigenvalue weighted by Crippen LogP contribution is 2.42. The lowest BCUT2D eigenvalue weighted by Crippen LogP contribution is -2.25. The molecule has 0 atom stereocenters. The fourth-order valence-corrected chi connectivity index (χ4v) is 5.95. The van der Waals surface area contributed by atoms with Crippen molar-refractivity contribution in [2.45, 2.75) is 56.6 Å². The van der Waals surface area contributed by atoms with Gasteiger partial charge >= 0.3 is 0 Å². The molecule has 3 heterocycles. The van der Waals surface area contributed by atoms with Gasteiger partial charge in [0, 0.05) is 17.8 Å². The lowest BCUT2D eigenvalue weighted by molar-refractivity contribution is 0.141. The Morgan fingerprint density at radius 2 is 1.82 bits per heavy atom. The predicted octanol–water partition coefficient (Wildman–Crippen LogP) is 5.45. The van der Waals surface area contributed by atoms with Crippen molar-refractivity contribution in [1.29, 1.82) is 5.26 Å². The third-order valence-electron chi connectivity index (χ3n) is 7.26.